The first-order valence-electron chi connectivity index (χ1n) is 6.89. The van der Waals surface area contributed by atoms with Crippen molar-refractivity contribution in [2.45, 2.75) is 0 Å². The summed E-state index contributed by atoms with van der Waals surface area (Å²) in [6.07, 6.45) is 0. The Bertz CT molecular complexity index is 801. The Morgan fingerprint density at radius 3 is 1.95 bits per heavy atom. The Morgan fingerprint density at radius 2 is 1.27 bits per heavy atom. The van der Waals surface area contributed by atoms with Crippen LogP contribution in [0.4, 0.5) is 0 Å². The molecule has 0 aromatic heterocycles. The summed E-state index contributed by atoms with van der Waals surface area (Å²) in [4.78, 5) is 10.6. The van der Waals surface area contributed by atoms with Crippen molar-refractivity contribution in [3.63, 3.8) is 0 Å². The van der Waals surface area contributed by atoms with Gasteiger partial charge in [-0.25, -0.2) is 0 Å². The SMILES string of the molecule is O=P(O)(c1ccccc1)c1ccccc1Oc1ccccc1. The van der Waals surface area contributed by atoms with E-state index in [-0.39, 0.29) is 0 Å². The number of ether oxygens (including phenoxy) is 1. The number of hydrogen-bond donors (Lipinski definition) is 1. The molecule has 0 aliphatic rings. The molecule has 3 aromatic rings. The Kier molecular flexibility index (Phi) is 4.10. The summed E-state index contributed by atoms with van der Waals surface area (Å²) in [5.41, 5.74) is 0. The van der Waals surface area contributed by atoms with Crippen molar-refractivity contribution in [3.8, 4) is 11.5 Å². The average molecular weight is 310 g/mol. The molecule has 1 unspecified atom stereocenters. The van der Waals surface area contributed by atoms with Gasteiger partial charge in [0.15, 0.2) is 0 Å². The van der Waals surface area contributed by atoms with E-state index in [4.69, 9.17) is 4.74 Å². The van der Waals surface area contributed by atoms with Gasteiger partial charge >= 0.3 is 0 Å². The minimum atomic E-state index is -3.70. The van der Waals surface area contributed by atoms with E-state index >= 15 is 0 Å². The van der Waals surface area contributed by atoms with E-state index in [2.05, 4.69) is 0 Å². The lowest BCUT2D eigenvalue weighted by Gasteiger charge is -2.16. The van der Waals surface area contributed by atoms with Gasteiger partial charge in [0.05, 0.1) is 5.30 Å². The third kappa shape index (κ3) is 2.96. The van der Waals surface area contributed by atoms with E-state index in [1.54, 1.807) is 48.5 Å². The zero-order valence-corrected chi connectivity index (χ0v) is 12.7. The normalized spacial score (nSPS) is 13.3. The van der Waals surface area contributed by atoms with Crippen LogP contribution in [0.3, 0.4) is 0 Å². The first-order chi connectivity index (χ1) is 10.7. The fourth-order valence-corrected chi connectivity index (χ4v) is 3.74. The van der Waals surface area contributed by atoms with Crippen LogP contribution in [0.2, 0.25) is 0 Å². The smallest absolute Gasteiger partial charge is 0.262 e. The molecule has 1 N–H and O–H groups in total. The number of benzene rings is 3. The van der Waals surface area contributed by atoms with Gasteiger partial charge < -0.3 is 9.63 Å². The van der Waals surface area contributed by atoms with Crippen molar-refractivity contribution < 1.29 is 14.2 Å². The van der Waals surface area contributed by atoms with Crippen LogP contribution in [0.15, 0.2) is 84.9 Å². The summed E-state index contributed by atoms with van der Waals surface area (Å²) < 4.78 is 18.7. The largest absolute Gasteiger partial charge is 0.456 e. The lowest BCUT2D eigenvalue weighted by atomic mass is 10.3. The molecule has 3 aromatic carbocycles. The second-order valence-electron chi connectivity index (χ2n) is 4.79. The highest BCUT2D eigenvalue weighted by atomic mass is 31.2. The maximum absolute atomic E-state index is 12.9. The summed E-state index contributed by atoms with van der Waals surface area (Å²) >= 11 is 0. The summed E-state index contributed by atoms with van der Waals surface area (Å²) in [6.45, 7) is 0. The average Bonchev–Trinajstić information content (AvgIpc) is 2.57. The lowest BCUT2D eigenvalue weighted by molar-refractivity contribution is 0.478. The van der Waals surface area contributed by atoms with Gasteiger partial charge in [0, 0.05) is 5.30 Å². The van der Waals surface area contributed by atoms with E-state index in [9.17, 15) is 9.46 Å². The van der Waals surface area contributed by atoms with Gasteiger partial charge in [-0.2, -0.15) is 0 Å². The molecule has 22 heavy (non-hydrogen) atoms. The number of rotatable bonds is 4. The van der Waals surface area contributed by atoms with Crippen LogP contribution in [-0.4, -0.2) is 4.89 Å². The molecule has 0 bridgehead atoms. The first kappa shape index (κ1) is 14.6. The third-order valence-electron chi connectivity index (χ3n) is 3.27. The molecule has 3 nitrogen and oxygen atoms in total. The fourth-order valence-electron chi connectivity index (χ4n) is 2.18. The molecular weight excluding hydrogens is 295 g/mol. The minimum absolute atomic E-state index is 0.296. The summed E-state index contributed by atoms with van der Waals surface area (Å²) in [5, 5.41) is 0.684. The van der Waals surface area contributed by atoms with Gasteiger partial charge in [-0.1, -0.05) is 48.5 Å². The van der Waals surface area contributed by atoms with Crippen molar-refractivity contribution in [1.82, 2.24) is 0 Å². The quantitative estimate of drug-likeness (QED) is 0.747. The molecule has 0 aliphatic carbocycles. The second-order valence-corrected chi connectivity index (χ2v) is 6.94. The highest BCUT2D eigenvalue weighted by molar-refractivity contribution is 7.73. The van der Waals surface area contributed by atoms with Crippen LogP contribution in [0, 0.1) is 0 Å². The van der Waals surface area contributed by atoms with Crippen molar-refractivity contribution in [2.24, 2.45) is 0 Å². The van der Waals surface area contributed by atoms with E-state index < -0.39 is 7.37 Å². The van der Waals surface area contributed by atoms with Gasteiger partial charge in [-0.15, -0.1) is 0 Å². The van der Waals surface area contributed by atoms with Crippen LogP contribution < -0.4 is 15.3 Å². The number of hydrogen-bond acceptors (Lipinski definition) is 2. The van der Waals surface area contributed by atoms with E-state index in [1.165, 1.54) is 0 Å². The summed E-state index contributed by atoms with van der Waals surface area (Å²) in [5.74, 6) is 1.02. The van der Waals surface area contributed by atoms with Crippen molar-refractivity contribution in [2.75, 3.05) is 0 Å². The van der Waals surface area contributed by atoms with Crippen LogP contribution >= 0.6 is 7.37 Å². The highest BCUT2D eigenvalue weighted by Crippen LogP contribution is 2.42. The highest BCUT2D eigenvalue weighted by Gasteiger charge is 2.27. The standard InChI is InChI=1S/C18H15O3P/c19-22(20,16-11-5-2-6-12-16)18-14-8-7-13-17(18)21-15-9-3-1-4-10-15/h1-14H,(H,19,20). The molecule has 0 fully saturated rings. The molecule has 0 aliphatic heterocycles. The topological polar surface area (TPSA) is 46.5 Å². The maximum Gasteiger partial charge on any atom is 0.262 e. The Labute approximate surface area is 129 Å². The van der Waals surface area contributed by atoms with E-state index in [1.807, 2.05) is 36.4 Å². The van der Waals surface area contributed by atoms with Gasteiger partial charge in [0.25, 0.3) is 7.37 Å². The third-order valence-corrected chi connectivity index (χ3v) is 5.29. The molecule has 0 saturated carbocycles. The molecule has 4 heteroatoms. The Morgan fingerprint density at radius 1 is 0.727 bits per heavy atom. The molecule has 0 saturated heterocycles. The van der Waals surface area contributed by atoms with Crippen LogP contribution in [-0.2, 0) is 4.57 Å². The lowest BCUT2D eigenvalue weighted by Crippen LogP contribution is -2.17. The first-order valence-corrected chi connectivity index (χ1v) is 8.55. The molecular formula is C18H15O3P. The zero-order chi connectivity index (χ0) is 15.4. The molecule has 1 atom stereocenters. The van der Waals surface area contributed by atoms with Crippen molar-refractivity contribution in [1.29, 1.82) is 0 Å². The second kappa shape index (κ2) is 6.18. The monoisotopic (exact) mass is 310 g/mol. The van der Waals surface area contributed by atoms with Gasteiger partial charge in [0.2, 0.25) is 0 Å². The van der Waals surface area contributed by atoms with Crippen LogP contribution in [0.25, 0.3) is 0 Å². The Balaban J connectivity index is 2.03. The predicted octanol–water partition coefficient (Wildman–Crippen LogP) is 3.70. The molecule has 0 amide bonds. The summed E-state index contributed by atoms with van der Waals surface area (Å²) in [7, 11) is -3.70. The van der Waals surface area contributed by atoms with E-state index in [0.717, 1.165) is 0 Å². The molecule has 3 rings (SSSR count). The number of para-hydroxylation sites is 2. The Hall–Kier alpha value is -2.35. The van der Waals surface area contributed by atoms with Gasteiger partial charge in [0.1, 0.15) is 11.5 Å². The van der Waals surface area contributed by atoms with Crippen molar-refractivity contribution in [3.05, 3.63) is 84.9 Å². The van der Waals surface area contributed by atoms with Crippen molar-refractivity contribution >= 4 is 18.0 Å². The predicted molar refractivity (Wildman–Crippen MR) is 88.5 cm³/mol. The molecule has 0 spiro atoms. The molecule has 0 heterocycles. The fraction of sp³-hybridized carbons (Fsp3) is 0. The minimum Gasteiger partial charge on any atom is -0.456 e. The maximum atomic E-state index is 12.9. The van der Waals surface area contributed by atoms with Gasteiger partial charge in [-0.05, 0) is 36.4 Å². The molecule has 0 radical (unpaired) electrons. The van der Waals surface area contributed by atoms with Gasteiger partial charge in [-0.3, -0.25) is 4.57 Å². The molecule has 110 valence electrons. The van der Waals surface area contributed by atoms with E-state index in [0.29, 0.717) is 22.1 Å². The summed E-state index contributed by atoms with van der Waals surface area (Å²) in [6, 6.07) is 24.7. The van der Waals surface area contributed by atoms with Crippen LogP contribution in [0.5, 0.6) is 11.5 Å². The zero-order valence-electron chi connectivity index (χ0n) is 11.8. The van der Waals surface area contributed by atoms with Crippen LogP contribution in [0.1, 0.15) is 0 Å².